The molecule has 3 nitrogen and oxygen atoms in total. The summed E-state index contributed by atoms with van der Waals surface area (Å²) in [5.41, 5.74) is 0.177. The molecule has 0 saturated carbocycles. The van der Waals surface area contributed by atoms with Crippen LogP contribution in [0.5, 0.6) is 5.75 Å². The van der Waals surface area contributed by atoms with Gasteiger partial charge in [-0.15, -0.1) is 0 Å². The first-order valence-electron chi connectivity index (χ1n) is 6.66. The number of hydrogen-bond acceptors (Lipinski definition) is 3. The lowest BCUT2D eigenvalue weighted by Gasteiger charge is -2.07. The molecule has 23 heavy (non-hydrogen) atoms. The van der Waals surface area contributed by atoms with Crippen LogP contribution in [0.1, 0.15) is 16.8 Å². The van der Waals surface area contributed by atoms with Crippen LogP contribution in [0.2, 0.25) is 5.02 Å². The van der Waals surface area contributed by atoms with E-state index >= 15 is 0 Å². The molecule has 0 unspecified atom stereocenters. The summed E-state index contributed by atoms with van der Waals surface area (Å²) < 4.78 is 42.3. The highest BCUT2D eigenvalue weighted by atomic mass is 35.5. The lowest BCUT2D eigenvalue weighted by Crippen LogP contribution is -2.10. The third-order valence-corrected chi connectivity index (χ3v) is 3.45. The van der Waals surface area contributed by atoms with E-state index in [1.54, 1.807) is 18.2 Å². The third-order valence-electron chi connectivity index (χ3n) is 3.13. The van der Waals surface area contributed by atoms with E-state index in [2.05, 4.69) is 4.98 Å². The highest BCUT2D eigenvalue weighted by Crippen LogP contribution is 2.27. The SMILES string of the molecule is COc1cc(CC(=O)Cc2ccc(C(F)(F)F)nc2)ccc1Cl. The van der Waals surface area contributed by atoms with Crippen LogP contribution < -0.4 is 4.74 Å². The molecule has 0 aliphatic rings. The third kappa shape index (κ3) is 4.69. The highest BCUT2D eigenvalue weighted by Gasteiger charge is 2.32. The molecule has 7 heteroatoms. The van der Waals surface area contributed by atoms with E-state index in [-0.39, 0.29) is 18.6 Å². The fraction of sp³-hybridized carbons (Fsp3) is 0.250. The Kier molecular flexibility index (Phi) is 5.26. The second kappa shape index (κ2) is 7.00. The number of nitrogens with zero attached hydrogens (tertiary/aromatic N) is 1. The fourth-order valence-electron chi connectivity index (χ4n) is 2.03. The summed E-state index contributed by atoms with van der Waals surface area (Å²) in [7, 11) is 1.47. The molecule has 0 atom stereocenters. The summed E-state index contributed by atoms with van der Waals surface area (Å²) in [5, 5.41) is 0.440. The number of carbonyl (C=O) groups excluding carboxylic acids is 1. The number of benzene rings is 1. The zero-order chi connectivity index (χ0) is 17.0. The van der Waals surface area contributed by atoms with Crippen LogP contribution in [-0.2, 0) is 23.8 Å². The molecular formula is C16H13ClF3NO2. The maximum absolute atomic E-state index is 12.4. The van der Waals surface area contributed by atoms with Crippen molar-refractivity contribution in [2.45, 2.75) is 19.0 Å². The molecule has 0 N–H and O–H groups in total. The van der Waals surface area contributed by atoms with Gasteiger partial charge in [-0.1, -0.05) is 23.7 Å². The van der Waals surface area contributed by atoms with Crippen LogP contribution >= 0.6 is 11.6 Å². The minimum atomic E-state index is -4.48. The standard InChI is InChI=1S/C16H13ClF3NO2/c1-23-14-8-10(2-4-13(14)17)6-12(22)7-11-3-5-15(21-9-11)16(18,19)20/h2-5,8-9H,6-7H2,1H3. The maximum Gasteiger partial charge on any atom is 0.433 e. The van der Waals surface area contributed by atoms with Gasteiger partial charge in [-0.25, -0.2) is 0 Å². The van der Waals surface area contributed by atoms with Gasteiger partial charge >= 0.3 is 6.18 Å². The van der Waals surface area contributed by atoms with Crippen LogP contribution in [0, 0.1) is 0 Å². The Labute approximate surface area is 136 Å². The second-order valence-electron chi connectivity index (χ2n) is 4.91. The summed E-state index contributed by atoms with van der Waals surface area (Å²) in [5.74, 6) is 0.323. The monoisotopic (exact) mass is 343 g/mol. The molecule has 0 radical (unpaired) electrons. The summed E-state index contributed by atoms with van der Waals surface area (Å²) in [6, 6.07) is 7.12. The summed E-state index contributed by atoms with van der Waals surface area (Å²) in [6.45, 7) is 0. The molecule has 0 fully saturated rings. The number of methoxy groups -OCH3 is 1. The van der Waals surface area contributed by atoms with Crippen molar-refractivity contribution < 1.29 is 22.7 Å². The van der Waals surface area contributed by atoms with Crippen molar-refractivity contribution in [3.63, 3.8) is 0 Å². The van der Waals surface area contributed by atoms with E-state index in [1.807, 2.05) is 0 Å². The lowest BCUT2D eigenvalue weighted by atomic mass is 10.0. The van der Waals surface area contributed by atoms with E-state index in [4.69, 9.17) is 16.3 Å². The van der Waals surface area contributed by atoms with Gasteiger partial charge in [-0.3, -0.25) is 9.78 Å². The Morgan fingerprint density at radius 3 is 2.39 bits per heavy atom. The molecule has 0 aliphatic heterocycles. The number of aromatic nitrogens is 1. The van der Waals surface area contributed by atoms with Gasteiger partial charge in [0.1, 0.15) is 17.2 Å². The second-order valence-corrected chi connectivity index (χ2v) is 5.32. The van der Waals surface area contributed by atoms with Crippen LogP contribution in [-0.4, -0.2) is 17.9 Å². The number of halogens is 4. The summed E-state index contributed by atoms with van der Waals surface area (Å²) >= 11 is 5.90. The van der Waals surface area contributed by atoms with Crippen molar-refractivity contribution in [2.24, 2.45) is 0 Å². The van der Waals surface area contributed by atoms with E-state index < -0.39 is 11.9 Å². The fourth-order valence-corrected chi connectivity index (χ4v) is 2.22. The van der Waals surface area contributed by atoms with Crippen molar-refractivity contribution in [1.29, 1.82) is 0 Å². The lowest BCUT2D eigenvalue weighted by molar-refractivity contribution is -0.141. The number of carbonyl (C=O) groups is 1. The minimum Gasteiger partial charge on any atom is -0.495 e. The Balaban J connectivity index is 2.02. The quantitative estimate of drug-likeness (QED) is 0.820. The minimum absolute atomic E-state index is 0.01000. The molecule has 0 bridgehead atoms. The number of alkyl halides is 3. The molecule has 0 spiro atoms. The first-order chi connectivity index (χ1) is 10.8. The average Bonchev–Trinajstić information content (AvgIpc) is 2.48. The Morgan fingerprint density at radius 2 is 1.83 bits per heavy atom. The van der Waals surface area contributed by atoms with Crippen LogP contribution in [0.3, 0.4) is 0 Å². The normalized spacial score (nSPS) is 11.3. The molecule has 0 aliphatic carbocycles. The number of Topliss-reactive ketones (excluding diaryl/α,β-unsaturated/α-hetero) is 1. The zero-order valence-electron chi connectivity index (χ0n) is 12.2. The van der Waals surface area contributed by atoms with Gasteiger partial charge in [-0.05, 0) is 29.3 Å². The number of ketones is 1. The average molecular weight is 344 g/mol. The molecule has 2 aromatic rings. The maximum atomic E-state index is 12.4. The summed E-state index contributed by atoms with van der Waals surface area (Å²) in [6.07, 6.45) is -3.27. The van der Waals surface area contributed by atoms with Crippen LogP contribution in [0.15, 0.2) is 36.5 Å². The molecule has 0 saturated heterocycles. The van der Waals surface area contributed by atoms with Crippen LogP contribution in [0.25, 0.3) is 0 Å². The molecule has 2 rings (SSSR count). The van der Waals surface area contributed by atoms with Crippen molar-refractivity contribution in [3.05, 3.63) is 58.4 Å². The molecule has 1 heterocycles. The highest BCUT2D eigenvalue weighted by molar-refractivity contribution is 6.32. The van der Waals surface area contributed by atoms with Crippen molar-refractivity contribution in [2.75, 3.05) is 7.11 Å². The first kappa shape index (κ1) is 17.3. The summed E-state index contributed by atoms with van der Waals surface area (Å²) in [4.78, 5) is 15.4. The number of pyridine rings is 1. The molecule has 0 amide bonds. The van der Waals surface area contributed by atoms with Gasteiger partial charge in [0.15, 0.2) is 0 Å². The van der Waals surface area contributed by atoms with Gasteiger partial charge < -0.3 is 4.74 Å². The molecule has 122 valence electrons. The van der Waals surface area contributed by atoms with Gasteiger partial charge in [0.05, 0.1) is 12.1 Å². The Morgan fingerprint density at radius 1 is 1.17 bits per heavy atom. The smallest absolute Gasteiger partial charge is 0.433 e. The molecule has 1 aromatic heterocycles. The van der Waals surface area contributed by atoms with Gasteiger partial charge in [0.25, 0.3) is 0 Å². The van der Waals surface area contributed by atoms with Crippen molar-refractivity contribution in [1.82, 2.24) is 4.98 Å². The van der Waals surface area contributed by atoms with Gasteiger partial charge in [0, 0.05) is 19.0 Å². The Hall–Kier alpha value is -2.08. The van der Waals surface area contributed by atoms with Crippen molar-refractivity contribution >= 4 is 17.4 Å². The van der Waals surface area contributed by atoms with E-state index in [9.17, 15) is 18.0 Å². The number of hydrogen-bond donors (Lipinski definition) is 0. The van der Waals surface area contributed by atoms with E-state index in [0.717, 1.165) is 17.8 Å². The molecule has 1 aromatic carbocycles. The van der Waals surface area contributed by atoms with E-state index in [1.165, 1.54) is 13.2 Å². The van der Waals surface area contributed by atoms with Crippen LogP contribution in [0.4, 0.5) is 13.2 Å². The number of ether oxygens (including phenoxy) is 1. The van der Waals surface area contributed by atoms with Gasteiger partial charge in [-0.2, -0.15) is 13.2 Å². The predicted molar refractivity (Wildman–Crippen MR) is 79.7 cm³/mol. The largest absolute Gasteiger partial charge is 0.495 e. The molecular weight excluding hydrogens is 331 g/mol. The van der Waals surface area contributed by atoms with Crippen molar-refractivity contribution in [3.8, 4) is 5.75 Å². The topological polar surface area (TPSA) is 39.2 Å². The zero-order valence-corrected chi connectivity index (χ0v) is 12.9. The van der Waals surface area contributed by atoms with Gasteiger partial charge in [0.2, 0.25) is 0 Å². The predicted octanol–water partition coefficient (Wildman–Crippen LogP) is 4.12. The van der Waals surface area contributed by atoms with E-state index in [0.29, 0.717) is 16.3 Å². The Bertz CT molecular complexity index is 699. The number of rotatable bonds is 5. The first-order valence-corrected chi connectivity index (χ1v) is 7.03.